The van der Waals surface area contributed by atoms with E-state index in [1.54, 1.807) is 0 Å². The summed E-state index contributed by atoms with van der Waals surface area (Å²) in [5.41, 5.74) is 0.604. The van der Waals surface area contributed by atoms with Gasteiger partial charge in [-0.3, -0.25) is 0 Å². The Labute approximate surface area is 144 Å². The van der Waals surface area contributed by atoms with Crippen molar-refractivity contribution in [2.45, 2.75) is 70.2 Å². The van der Waals surface area contributed by atoms with E-state index in [1.165, 1.54) is 0 Å². The van der Waals surface area contributed by atoms with Crippen LogP contribution in [0.4, 0.5) is 0 Å². The molecule has 3 atom stereocenters. The molecule has 1 heterocycles. The van der Waals surface area contributed by atoms with Crippen molar-refractivity contribution in [3.05, 3.63) is 35.9 Å². The molecule has 0 unspecified atom stereocenters. The van der Waals surface area contributed by atoms with E-state index >= 15 is 0 Å². The summed E-state index contributed by atoms with van der Waals surface area (Å²) in [5, 5.41) is 18.8. The number of ether oxygens (including phenoxy) is 3. The minimum absolute atomic E-state index is 0.00958. The summed E-state index contributed by atoms with van der Waals surface area (Å²) in [6.07, 6.45) is 0.876. The lowest BCUT2D eigenvalue weighted by atomic mass is 9.91. The summed E-state index contributed by atoms with van der Waals surface area (Å²) in [7, 11) is 0. The molecule has 0 radical (unpaired) electrons. The van der Waals surface area contributed by atoms with Crippen molar-refractivity contribution in [2.75, 3.05) is 13.2 Å². The molecule has 136 valence electrons. The minimum atomic E-state index is -0.669. The lowest BCUT2D eigenvalue weighted by Gasteiger charge is -2.29. The number of aliphatic hydroxyl groups is 2. The maximum absolute atomic E-state index is 9.88. The summed E-state index contributed by atoms with van der Waals surface area (Å²) in [5.74, 6) is -0.669. The third-order valence-corrected chi connectivity index (χ3v) is 4.40. The topological polar surface area (TPSA) is 68.2 Å². The maximum atomic E-state index is 9.88. The first-order chi connectivity index (χ1) is 11.3. The Hall–Kier alpha value is -0.980. The van der Waals surface area contributed by atoms with Crippen LogP contribution in [0.5, 0.6) is 0 Å². The van der Waals surface area contributed by atoms with Gasteiger partial charge in [0.25, 0.3) is 0 Å². The average molecular weight is 338 g/mol. The lowest BCUT2D eigenvalue weighted by Crippen LogP contribution is -2.40. The van der Waals surface area contributed by atoms with Gasteiger partial charge >= 0.3 is 0 Å². The SMILES string of the molecule is CC1(C)O[C@@H](COCc2ccccc2)[C@@](C)(CC[C@@H](O)CCO)O1. The Morgan fingerprint density at radius 1 is 1.17 bits per heavy atom. The van der Waals surface area contributed by atoms with E-state index in [2.05, 4.69) is 0 Å². The van der Waals surface area contributed by atoms with Gasteiger partial charge < -0.3 is 24.4 Å². The Kier molecular flexibility index (Phi) is 6.78. The van der Waals surface area contributed by atoms with Gasteiger partial charge in [-0.1, -0.05) is 30.3 Å². The number of hydrogen-bond acceptors (Lipinski definition) is 5. The fraction of sp³-hybridized carbons (Fsp3) is 0.684. The zero-order valence-corrected chi connectivity index (χ0v) is 14.9. The fourth-order valence-electron chi connectivity index (χ4n) is 3.15. The predicted molar refractivity (Wildman–Crippen MR) is 91.5 cm³/mol. The van der Waals surface area contributed by atoms with Crippen molar-refractivity contribution in [3.63, 3.8) is 0 Å². The molecule has 5 heteroatoms. The predicted octanol–water partition coefficient (Wildman–Crippen LogP) is 2.64. The number of rotatable bonds is 9. The van der Waals surface area contributed by atoms with Crippen LogP contribution in [-0.4, -0.2) is 47.0 Å². The monoisotopic (exact) mass is 338 g/mol. The van der Waals surface area contributed by atoms with Gasteiger partial charge in [-0.25, -0.2) is 0 Å². The second-order valence-electron chi connectivity index (χ2n) is 7.13. The molecule has 2 N–H and O–H groups in total. The van der Waals surface area contributed by atoms with Crippen molar-refractivity contribution in [1.29, 1.82) is 0 Å². The Bertz CT molecular complexity index is 490. The van der Waals surface area contributed by atoms with Gasteiger partial charge in [0.15, 0.2) is 5.79 Å². The first-order valence-corrected chi connectivity index (χ1v) is 8.63. The maximum Gasteiger partial charge on any atom is 0.164 e. The molecule has 1 fully saturated rings. The third-order valence-electron chi connectivity index (χ3n) is 4.40. The van der Waals surface area contributed by atoms with Crippen LogP contribution in [0.25, 0.3) is 0 Å². The molecule has 1 aromatic rings. The van der Waals surface area contributed by atoms with Crippen LogP contribution in [0.2, 0.25) is 0 Å². The second kappa shape index (κ2) is 8.41. The minimum Gasteiger partial charge on any atom is -0.396 e. The molecule has 1 saturated heterocycles. The molecular weight excluding hydrogens is 308 g/mol. The van der Waals surface area contributed by atoms with Crippen molar-refractivity contribution in [1.82, 2.24) is 0 Å². The fourth-order valence-corrected chi connectivity index (χ4v) is 3.15. The van der Waals surface area contributed by atoms with E-state index < -0.39 is 17.5 Å². The molecule has 5 nitrogen and oxygen atoms in total. The van der Waals surface area contributed by atoms with E-state index in [0.717, 1.165) is 5.56 Å². The molecule has 24 heavy (non-hydrogen) atoms. The molecule has 0 spiro atoms. The van der Waals surface area contributed by atoms with Gasteiger partial charge in [-0.15, -0.1) is 0 Å². The zero-order chi connectivity index (χ0) is 17.6. The van der Waals surface area contributed by atoms with Crippen LogP contribution in [0.3, 0.4) is 0 Å². The third kappa shape index (κ3) is 5.53. The van der Waals surface area contributed by atoms with Crippen LogP contribution < -0.4 is 0 Å². The van der Waals surface area contributed by atoms with Crippen molar-refractivity contribution in [2.24, 2.45) is 0 Å². The summed E-state index contributed by atoms with van der Waals surface area (Å²) in [4.78, 5) is 0. The summed E-state index contributed by atoms with van der Waals surface area (Å²) < 4.78 is 18.0. The number of aliphatic hydroxyl groups excluding tert-OH is 2. The van der Waals surface area contributed by atoms with Crippen LogP contribution >= 0.6 is 0 Å². The van der Waals surface area contributed by atoms with E-state index in [0.29, 0.717) is 32.5 Å². The van der Waals surface area contributed by atoms with Crippen LogP contribution in [0.15, 0.2) is 30.3 Å². The quantitative estimate of drug-likeness (QED) is 0.724. The molecule has 0 amide bonds. The van der Waals surface area contributed by atoms with Crippen LogP contribution in [-0.2, 0) is 20.8 Å². The summed E-state index contributed by atoms with van der Waals surface area (Å²) in [6.45, 7) is 6.75. The van der Waals surface area contributed by atoms with E-state index in [1.807, 2.05) is 51.1 Å². The molecular formula is C19H30O5. The normalized spacial score (nSPS) is 27.3. The smallest absolute Gasteiger partial charge is 0.164 e. The summed E-state index contributed by atoms with van der Waals surface area (Å²) >= 11 is 0. The molecule has 0 aliphatic carbocycles. The van der Waals surface area contributed by atoms with Crippen molar-refractivity contribution < 1.29 is 24.4 Å². The first-order valence-electron chi connectivity index (χ1n) is 8.63. The highest BCUT2D eigenvalue weighted by atomic mass is 16.8. The van der Waals surface area contributed by atoms with Crippen molar-refractivity contribution in [3.8, 4) is 0 Å². The molecule has 0 bridgehead atoms. The average Bonchev–Trinajstić information content (AvgIpc) is 2.76. The molecule has 0 aromatic heterocycles. The standard InChI is InChI=1S/C19H30O5/c1-18(2)23-17(14-22-13-15-7-5-4-6-8-15)19(3,24-18)11-9-16(21)10-12-20/h4-8,16-17,20-21H,9-14H2,1-3H3/t16-,17+,19-/m1/s1. The van der Waals surface area contributed by atoms with Gasteiger partial charge in [0.1, 0.15) is 6.10 Å². The van der Waals surface area contributed by atoms with E-state index in [4.69, 9.17) is 19.3 Å². The van der Waals surface area contributed by atoms with Crippen LogP contribution in [0, 0.1) is 0 Å². The van der Waals surface area contributed by atoms with Gasteiger partial charge in [-0.2, -0.15) is 0 Å². The van der Waals surface area contributed by atoms with Gasteiger partial charge in [-0.05, 0) is 45.6 Å². The largest absolute Gasteiger partial charge is 0.396 e. The first kappa shape index (κ1) is 19.3. The Morgan fingerprint density at radius 3 is 2.54 bits per heavy atom. The van der Waals surface area contributed by atoms with Gasteiger partial charge in [0.2, 0.25) is 0 Å². The molecule has 1 aliphatic heterocycles. The van der Waals surface area contributed by atoms with E-state index in [9.17, 15) is 5.11 Å². The number of benzene rings is 1. The lowest BCUT2D eigenvalue weighted by molar-refractivity contribution is -0.164. The molecule has 1 aliphatic rings. The highest BCUT2D eigenvalue weighted by molar-refractivity contribution is 5.13. The highest BCUT2D eigenvalue weighted by Gasteiger charge is 2.49. The van der Waals surface area contributed by atoms with Gasteiger partial charge in [0.05, 0.1) is 24.9 Å². The second-order valence-corrected chi connectivity index (χ2v) is 7.13. The van der Waals surface area contributed by atoms with Crippen molar-refractivity contribution >= 4 is 0 Å². The molecule has 2 rings (SSSR count). The Balaban J connectivity index is 1.89. The Morgan fingerprint density at radius 2 is 1.88 bits per heavy atom. The highest BCUT2D eigenvalue weighted by Crippen LogP contribution is 2.39. The molecule has 0 saturated carbocycles. The van der Waals surface area contributed by atoms with Gasteiger partial charge in [0, 0.05) is 6.61 Å². The van der Waals surface area contributed by atoms with E-state index in [-0.39, 0.29) is 12.7 Å². The number of hydrogen-bond donors (Lipinski definition) is 2. The zero-order valence-electron chi connectivity index (χ0n) is 14.9. The van der Waals surface area contributed by atoms with Crippen LogP contribution in [0.1, 0.15) is 45.6 Å². The summed E-state index contributed by atoms with van der Waals surface area (Å²) in [6, 6.07) is 10.0. The molecule has 1 aromatic carbocycles.